The van der Waals surface area contributed by atoms with Crippen molar-refractivity contribution in [3.8, 4) is 0 Å². The number of aromatic nitrogens is 1. The number of aliphatic carboxylic acids is 1. The van der Waals surface area contributed by atoms with Crippen molar-refractivity contribution in [1.82, 2.24) is 4.98 Å². The summed E-state index contributed by atoms with van der Waals surface area (Å²) in [6.07, 6.45) is 1.54. The highest BCUT2D eigenvalue weighted by atomic mass is 32.1. The number of carbonyl (C=O) groups is 1. The average molecular weight is 229 g/mol. The van der Waals surface area contributed by atoms with Crippen LogP contribution in [0.3, 0.4) is 0 Å². The fourth-order valence-corrected chi connectivity index (χ4v) is 2.27. The van der Waals surface area contributed by atoms with Crippen LogP contribution in [0.1, 0.15) is 36.6 Å². The van der Waals surface area contributed by atoms with Crippen molar-refractivity contribution in [3.05, 3.63) is 16.1 Å². The molecule has 1 rings (SSSR count). The predicted molar refractivity (Wildman–Crippen MR) is 58.1 cm³/mol. The summed E-state index contributed by atoms with van der Waals surface area (Å²) in [6, 6.07) is 0. The lowest BCUT2D eigenvalue weighted by molar-refractivity contribution is -0.136. The van der Waals surface area contributed by atoms with Gasteiger partial charge in [-0.2, -0.15) is 0 Å². The Morgan fingerprint density at radius 2 is 2.47 bits per heavy atom. The quantitative estimate of drug-likeness (QED) is 0.812. The normalized spacial score (nSPS) is 12.7. The van der Waals surface area contributed by atoms with Crippen molar-refractivity contribution in [2.75, 3.05) is 7.11 Å². The van der Waals surface area contributed by atoms with Gasteiger partial charge >= 0.3 is 5.97 Å². The third-order valence-electron chi connectivity index (χ3n) is 2.10. The standard InChI is InChI=1S/C10H15NO3S/c1-3-8(14-2)10-11-7(6-15-10)4-5-9(12)13/h6,8H,3-5H2,1-2H3,(H,12,13). The molecule has 4 nitrogen and oxygen atoms in total. The highest BCUT2D eigenvalue weighted by Crippen LogP contribution is 2.24. The third kappa shape index (κ3) is 3.60. The van der Waals surface area contributed by atoms with Crippen LogP contribution in [-0.2, 0) is 16.0 Å². The number of hydrogen-bond acceptors (Lipinski definition) is 4. The van der Waals surface area contributed by atoms with E-state index >= 15 is 0 Å². The highest BCUT2D eigenvalue weighted by Gasteiger charge is 2.12. The summed E-state index contributed by atoms with van der Waals surface area (Å²) in [5, 5.41) is 11.4. The molecule has 0 saturated carbocycles. The predicted octanol–water partition coefficient (Wildman–Crippen LogP) is 2.26. The van der Waals surface area contributed by atoms with Crippen LogP contribution in [-0.4, -0.2) is 23.2 Å². The van der Waals surface area contributed by atoms with Crippen molar-refractivity contribution < 1.29 is 14.6 Å². The van der Waals surface area contributed by atoms with E-state index in [9.17, 15) is 4.79 Å². The molecule has 0 aromatic carbocycles. The van der Waals surface area contributed by atoms with E-state index in [0.29, 0.717) is 6.42 Å². The first kappa shape index (κ1) is 12.1. The van der Waals surface area contributed by atoms with E-state index in [-0.39, 0.29) is 12.5 Å². The van der Waals surface area contributed by atoms with E-state index in [4.69, 9.17) is 9.84 Å². The molecule has 1 aromatic heterocycles. The Hall–Kier alpha value is -0.940. The van der Waals surface area contributed by atoms with E-state index < -0.39 is 5.97 Å². The Morgan fingerprint density at radius 3 is 3.00 bits per heavy atom. The molecular formula is C10H15NO3S. The van der Waals surface area contributed by atoms with Gasteiger partial charge in [0.2, 0.25) is 0 Å². The molecular weight excluding hydrogens is 214 g/mol. The third-order valence-corrected chi connectivity index (χ3v) is 3.08. The van der Waals surface area contributed by atoms with Gasteiger partial charge in [-0.05, 0) is 6.42 Å². The van der Waals surface area contributed by atoms with Gasteiger partial charge in [-0.1, -0.05) is 6.92 Å². The molecule has 0 spiro atoms. The molecule has 1 unspecified atom stereocenters. The molecule has 0 saturated heterocycles. The molecule has 15 heavy (non-hydrogen) atoms. The van der Waals surface area contributed by atoms with Crippen LogP contribution in [0.5, 0.6) is 0 Å². The minimum absolute atomic E-state index is 0.0357. The smallest absolute Gasteiger partial charge is 0.303 e. The van der Waals surface area contributed by atoms with Gasteiger partial charge in [-0.15, -0.1) is 11.3 Å². The zero-order valence-electron chi connectivity index (χ0n) is 8.90. The van der Waals surface area contributed by atoms with Crippen LogP contribution >= 0.6 is 11.3 Å². The molecule has 0 aliphatic heterocycles. The number of aryl methyl sites for hydroxylation is 1. The van der Waals surface area contributed by atoms with E-state index in [2.05, 4.69) is 4.98 Å². The van der Waals surface area contributed by atoms with Crippen molar-refractivity contribution in [2.45, 2.75) is 32.3 Å². The topological polar surface area (TPSA) is 59.4 Å². The van der Waals surface area contributed by atoms with Gasteiger partial charge < -0.3 is 9.84 Å². The van der Waals surface area contributed by atoms with Crippen molar-refractivity contribution in [2.24, 2.45) is 0 Å². The number of thiazole rings is 1. The molecule has 0 aliphatic rings. The first-order chi connectivity index (χ1) is 7.17. The molecule has 0 radical (unpaired) electrons. The molecule has 1 atom stereocenters. The molecule has 1 aromatic rings. The Balaban J connectivity index is 2.59. The maximum Gasteiger partial charge on any atom is 0.303 e. The first-order valence-electron chi connectivity index (χ1n) is 4.86. The van der Waals surface area contributed by atoms with E-state index in [0.717, 1.165) is 17.1 Å². The molecule has 0 bridgehead atoms. The van der Waals surface area contributed by atoms with E-state index in [1.54, 1.807) is 7.11 Å². The Labute approximate surface area is 92.9 Å². The fourth-order valence-electron chi connectivity index (χ4n) is 1.26. The second kappa shape index (κ2) is 5.82. The van der Waals surface area contributed by atoms with Crippen LogP contribution in [0.4, 0.5) is 0 Å². The van der Waals surface area contributed by atoms with Gasteiger partial charge in [0.25, 0.3) is 0 Å². The molecule has 1 heterocycles. The maximum atomic E-state index is 10.4. The summed E-state index contributed by atoms with van der Waals surface area (Å²) in [5.74, 6) is -0.789. The molecule has 5 heteroatoms. The molecule has 1 N–H and O–H groups in total. The maximum absolute atomic E-state index is 10.4. The minimum atomic E-state index is -0.789. The van der Waals surface area contributed by atoms with Crippen molar-refractivity contribution >= 4 is 17.3 Å². The second-order valence-corrected chi connectivity index (χ2v) is 4.09. The van der Waals surface area contributed by atoms with Crippen molar-refractivity contribution in [1.29, 1.82) is 0 Å². The minimum Gasteiger partial charge on any atom is -0.481 e. The highest BCUT2D eigenvalue weighted by molar-refractivity contribution is 7.09. The van der Waals surface area contributed by atoms with Gasteiger partial charge in [-0.25, -0.2) is 4.98 Å². The summed E-state index contributed by atoms with van der Waals surface area (Å²) in [5.41, 5.74) is 0.841. The summed E-state index contributed by atoms with van der Waals surface area (Å²) >= 11 is 1.53. The molecule has 84 valence electrons. The lowest BCUT2D eigenvalue weighted by atomic mass is 10.2. The van der Waals surface area contributed by atoms with Gasteiger partial charge in [0.15, 0.2) is 0 Å². The Kier molecular flexibility index (Phi) is 4.71. The molecule has 0 aliphatic carbocycles. The van der Waals surface area contributed by atoms with Crippen LogP contribution in [0.15, 0.2) is 5.38 Å². The number of ether oxygens (including phenoxy) is 1. The van der Waals surface area contributed by atoms with Gasteiger partial charge in [0.1, 0.15) is 11.1 Å². The van der Waals surface area contributed by atoms with Crippen LogP contribution < -0.4 is 0 Å². The van der Waals surface area contributed by atoms with Gasteiger partial charge in [0, 0.05) is 18.9 Å². The van der Waals surface area contributed by atoms with E-state index in [1.807, 2.05) is 12.3 Å². The first-order valence-corrected chi connectivity index (χ1v) is 5.74. The Bertz CT molecular complexity index is 320. The van der Waals surface area contributed by atoms with Crippen LogP contribution in [0.25, 0.3) is 0 Å². The van der Waals surface area contributed by atoms with Gasteiger partial charge in [0.05, 0.1) is 12.1 Å². The molecule has 0 amide bonds. The lowest BCUT2D eigenvalue weighted by Crippen LogP contribution is -2.01. The van der Waals surface area contributed by atoms with E-state index in [1.165, 1.54) is 11.3 Å². The number of carboxylic acids is 1. The monoisotopic (exact) mass is 229 g/mol. The zero-order valence-corrected chi connectivity index (χ0v) is 9.71. The summed E-state index contributed by atoms with van der Waals surface area (Å²) < 4.78 is 5.26. The number of rotatable bonds is 6. The molecule has 0 fully saturated rings. The summed E-state index contributed by atoms with van der Waals surface area (Å²) in [4.78, 5) is 14.7. The average Bonchev–Trinajstić information content (AvgIpc) is 2.65. The number of carboxylic acid groups (broad SMARTS) is 1. The SMILES string of the molecule is CCC(OC)c1nc(CCC(=O)O)cs1. The summed E-state index contributed by atoms with van der Waals surface area (Å²) in [7, 11) is 1.66. The lowest BCUT2D eigenvalue weighted by Gasteiger charge is -2.08. The fraction of sp³-hybridized carbons (Fsp3) is 0.600. The zero-order chi connectivity index (χ0) is 11.3. The number of methoxy groups -OCH3 is 1. The summed E-state index contributed by atoms with van der Waals surface area (Å²) in [6.45, 7) is 2.03. The number of hydrogen-bond donors (Lipinski definition) is 1. The second-order valence-electron chi connectivity index (χ2n) is 3.20. The van der Waals surface area contributed by atoms with Crippen molar-refractivity contribution in [3.63, 3.8) is 0 Å². The number of nitrogens with zero attached hydrogens (tertiary/aromatic N) is 1. The largest absolute Gasteiger partial charge is 0.481 e. The van der Waals surface area contributed by atoms with Crippen LogP contribution in [0, 0.1) is 0 Å². The Morgan fingerprint density at radius 1 is 1.73 bits per heavy atom. The van der Waals surface area contributed by atoms with Gasteiger partial charge in [-0.3, -0.25) is 4.79 Å². The van der Waals surface area contributed by atoms with Crippen LogP contribution in [0.2, 0.25) is 0 Å².